The molecule has 1 unspecified atom stereocenters. The number of carbonyl (C=O) groups is 1. The Balaban J connectivity index is 2.68. The molecule has 0 aliphatic carbocycles. The minimum absolute atomic E-state index is 0.0962. The zero-order chi connectivity index (χ0) is 16.0. The van der Waals surface area contributed by atoms with E-state index < -0.39 is 0 Å². The minimum Gasteiger partial charge on any atom is -0.483 e. The fraction of sp³-hybridized carbons (Fsp3) is 0.562. The molecule has 0 saturated carbocycles. The third-order valence-electron chi connectivity index (χ3n) is 3.28. The number of ether oxygens (including phenoxy) is 1. The molecule has 0 spiro atoms. The first-order valence-corrected chi connectivity index (χ1v) is 7.21. The van der Waals surface area contributed by atoms with Crippen molar-refractivity contribution in [1.82, 2.24) is 5.32 Å². The molecule has 21 heavy (non-hydrogen) atoms. The van der Waals surface area contributed by atoms with E-state index >= 15 is 0 Å². The van der Waals surface area contributed by atoms with Crippen molar-refractivity contribution in [2.45, 2.75) is 52.1 Å². The van der Waals surface area contributed by atoms with Crippen LogP contribution < -0.4 is 15.8 Å². The first-order chi connectivity index (χ1) is 9.73. The maximum atomic E-state index is 13.3. The Labute approximate surface area is 125 Å². The zero-order valence-corrected chi connectivity index (χ0v) is 13.2. The Morgan fingerprint density at radius 1 is 1.48 bits per heavy atom. The van der Waals surface area contributed by atoms with Crippen molar-refractivity contribution in [2.75, 3.05) is 6.61 Å². The summed E-state index contributed by atoms with van der Waals surface area (Å²) in [5.41, 5.74) is 6.15. The molecule has 0 aliphatic rings. The van der Waals surface area contributed by atoms with Crippen molar-refractivity contribution in [3.63, 3.8) is 0 Å². The quantitative estimate of drug-likeness (QED) is 0.812. The van der Waals surface area contributed by atoms with Gasteiger partial charge in [-0.05, 0) is 57.4 Å². The highest BCUT2D eigenvalue weighted by molar-refractivity contribution is 5.78. The van der Waals surface area contributed by atoms with E-state index in [4.69, 9.17) is 10.5 Å². The van der Waals surface area contributed by atoms with Crippen LogP contribution in [0.25, 0.3) is 0 Å². The van der Waals surface area contributed by atoms with Gasteiger partial charge in [0.1, 0.15) is 11.6 Å². The summed E-state index contributed by atoms with van der Waals surface area (Å²) in [6.07, 6.45) is 1.32. The second kappa shape index (κ2) is 7.41. The number of nitrogens with two attached hydrogens (primary N) is 1. The van der Waals surface area contributed by atoms with Crippen LogP contribution >= 0.6 is 0 Å². The summed E-state index contributed by atoms with van der Waals surface area (Å²) in [5.74, 6) is -0.0364. The third kappa shape index (κ3) is 6.12. The van der Waals surface area contributed by atoms with E-state index in [1.807, 2.05) is 27.7 Å². The van der Waals surface area contributed by atoms with Crippen molar-refractivity contribution >= 4 is 5.91 Å². The molecule has 3 N–H and O–H groups in total. The molecule has 1 aromatic carbocycles. The summed E-state index contributed by atoms with van der Waals surface area (Å²) in [7, 11) is 0. The van der Waals surface area contributed by atoms with Crippen LogP contribution in [0.15, 0.2) is 18.2 Å². The summed E-state index contributed by atoms with van der Waals surface area (Å²) < 4.78 is 18.8. The summed E-state index contributed by atoms with van der Waals surface area (Å²) in [5, 5.41) is 2.89. The van der Waals surface area contributed by atoms with E-state index in [-0.39, 0.29) is 29.9 Å². The minimum atomic E-state index is -0.338. The number of nitrogens with one attached hydrogen (secondary N) is 1. The van der Waals surface area contributed by atoms with E-state index in [0.29, 0.717) is 17.7 Å². The molecule has 1 aromatic rings. The Hall–Kier alpha value is -1.62. The van der Waals surface area contributed by atoms with Crippen LogP contribution in [0.3, 0.4) is 0 Å². The maximum Gasteiger partial charge on any atom is 0.258 e. The molecule has 1 amide bonds. The SMILES string of the molecule is CCC(C)(C)NC(=O)COc1ccc(F)cc1CC(C)N. The van der Waals surface area contributed by atoms with Gasteiger partial charge in [-0.15, -0.1) is 0 Å². The van der Waals surface area contributed by atoms with E-state index in [1.165, 1.54) is 18.2 Å². The molecule has 0 aromatic heterocycles. The molecule has 1 rings (SSSR count). The first-order valence-electron chi connectivity index (χ1n) is 7.21. The second-order valence-electron chi connectivity index (χ2n) is 6.01. The van der Waals surface area contributed by atoms with Crippen LogP contribution in [0.1, 0.15) is 39.7 Å². The largest absolute Gasteiger partial charge is 0.483 e. The second-order valence-corrected chi connectivity index (χ2v) is 6.01. The van der Waals surface area contributed by atoms with Crippen LogP contribution in [0.5, 0.6) is 5.75 Å². The molecule has 0 radical (unpaired) electrons. The van der Waals surface area contributed by atoms with Crippen LogP contribution in [0, 0.1) is 5.82 Å². The molecule has 4 nitrogen and oxygen atoms in total. The summed E-state index contributed by atoms with van der Waals surface area (Å²) in [4.78, 5) is 11.9. The van der Waals surface area contributed by atoms with Gasteiger partial charge >= 0.3 is 0 Å². The van der Waals surface area contributed by atoms with Gasteiger partial charge < -0.3 is 15.8 Å². The van der Waals surface area contributed by atoms with Crippen LogP contribution in [-0.2, 0) is 11.2 Å². The Morgan fingerprint density at radius 2 is 2.14 bits per heavy atom. The Kier molecular flexibility index (Phi) is 6.15. The molecular weight excluding hydrogens is 271 g/mol. The number of carbonyl (C=O) groups excluding carboxylic acids is 1. The van der Waals surface area contributed by atoms with Crippen molar-refractivity contribution in [3.05, 3.63) is 29.6 Å². The predicted molar refractivity (Wildman–Crippen MR) is 81.8 cm³/mol. The standard InChI is InChI=1S/C16H25FN2O2/c1-5-16(3,4)19-15(20)10-21-14-7-6-13(17)9-12(14)8-11(2)18/h6-7,9,11H,5,8,10,18H2,1-4H3,(H,19,20). The fourth-order valence-electron chi connectivity index (χ4n) is 1.84. The van der Waals surface area contributed by atoms with Gasteiger partial charge in [-0.25, -0.2) is 4.39 Å². The number of hydrogen-bond acceptors (Lipinski definition) is 3. The lowest BCUT2D eigenvalue weighted by Crippen LogP contribution is -2.44. The van der Waals surface area contributed by atoms with Gasteiger partial charge in [-0.1, -0.05) is 6.92 Å². The maximum absolute atomic E-state index is 13.3. The number of benzene rings is 1. The monoisotopic (exact) mass is 296 g/mol. The molecule has 118 valence electrons. The summed E-state index contributed by atoms with van der Waals surface area (Å²) >= 11 is 0. The first kappa shape index (κ1) is 17.4. The van der Waals surface area contributed by atoms with Crippen molar-refractivity contribution in [1.29, 1.82) is 0 Å². The van der Waals surface area contributed by atoms with Gasteiger partial charge in [0.2, 0.25) is 0 Å². The number of amides is 1. The average molecular weight is 296 g/mol. The van der Waals surface area contributed by atoms with E-state index in [9.17, 15) is 9.18 Å². The normalized spacial score (nSPS) is 12.9. The number of rotatable bonds is 7. The topological polar surface area (TPSA) is 64.3 Å². The lowest BCUT2D eigenvalue weighted by Gasteiger charge is -2.24. The highest BCUT2D eigenvalue weighted by Crippen LogP contribution is 2.21. The lowest BCUT2D eigenvalue weighted by molar-refractivity contribution is -0.124. The van der Waals surface area contributed by atoms with Crippen LogP contribution in [0.2, 0.25) is 0 Å². The molecule has 1 atom stereocenters. The van der Waals surface area contributed by atoms with Crippen LogP contribution in [0.4, 0.5) is 4.39 Å². The Morgan fingerprint density at radius 3 is 2.71 bits per heavy atom. The van der Waals surface area contributed by atoms with Gasteiger partial charge in [0.25, 0.3) is 5.91 Å². The summed E-state index contributed by atoms with van der Waals surface area (Å²) in [6.45, 7) is 7.64. The lowest BCUT2D eigenvalue weighted by atomic mass is 10.0. The van der Waals surface area contributed by atoms with Gasteiger partial charge in [-0.3, -0.25) is 4.79 Å². The Bertz CT molecular complexity index is 487. The molecule has 0 aliphatic heterocycles. The molecular formula is C16H25FN2O2. The molecule has 0 saturated heterocycles. The van der Waals surface area contributed by atoms with E-state index in [0.717, 1.165) is 6.42 Å². The smallest absolute Gasteiger partial charge is 0.258 e. The van der Waals surface area contributed by atoms with Gasteiger partial charge in [0.05, 0.1) is 0 Å². The fourth-order valence-corrected chi connectivity index (χ4v) is 1.84. The molecule has 0 bridgehead atoms. The molecule has 5 heteroatoms. The van der Waals surface area contributed by atoms with Crippen molar-refractivity contribution in [2.24, 2.45) is 5.73 Å². The van der Waals surface area contributed by atoms with Crippen molar-refractivity contribution < 1.29 is 13.9 Å². The zero-order valence-electron chi connectivity index (χ0n) is 13.2. The van der Waals surface area contributed by atoms with Crippen LogP contribution in [-0.4, -0.2) is 24.1 Å². The summed E-state index contributed by atoms with van der Waals surface area (Å²) in [6, 6.07) is 4.13. The number of halogens is 1. The molecule has 0 fully saturated rings. The van der Waals surface area contributed by atoms with Crippen molar-refractivity contribution in [3.8, 4) is 5.75 Å². The van der Waals surface area contributed by atoms with E-state index in [2.05, 4.69) is 5.32 Å². The van der Waals surface area contributed by atoms with Gasteiger partial charge in [-0.2, -0.15) is 0 Å². The highest BCUT2D eigenvalue weighted by atomic mass is 19.1. The molecule has 0 heterocycles. The van der Waals surface area contributed by atoms with Gasteiger partial charge in [0.15, 0.2) is 6.61 Å². The average Bonchev–Trinajstić information content (AvgIpc) is 2.36. The van der Waals surface area contributed by atoms with Gasteiger partial charge in [0, 0.05) is 11.6 Å². The van der Waals surface area contributed by atoms with E-state index in [1.54, 1.807) is 0 Å². The highest BCUT2D eigenvalue weighted by Gasteiger charge is 2.18. The predicted octanol–water partition coefficient (Wildman–Crippen LogP) is 2.40. The third-order valence-corrected chi connectivity index (χ3v) is 3.28. The number of hydrogen-bond donors (Lipinski definition) is 2.